The molecule has 2 rings (SSSR count). The zero-order valence-corrected chi connectivity index (χ0v) is 11.6. The summed E-state index contributed by atoms with van der Waals surface area (Å²) in [6, 6.07) is 7.89. The summed E-state index contributed by atoms with van der Waals surface area (Å²) in [6.07, 6.45) is 1.51. The molecule has 0 fully saturated rings. The minimum atomic E-state index is 0.280. The smallest absolute Gasteiger partial charge is 0.130 e. The topological polar surface area (TPSA) is 61.0 Å². The molecule has 0 radical (unpaired) electrons. The summed E-state index contributed by atoms with van der Waals surface area (Å²) < 4.78 is 5.44. The second-order valence-electron chi connectivity index (χ2n) is 4.63. The molecule has 0 aliphatic carbocycles. The predicted octanol–water partition coefficient (Wildman–Crippen LogP) is 3.25. The molecule has 1 aromatic heterocycles. The predicted molar refractivity (Wildman–Crippen MR) is 77.1 cm³/mol. The van der Waals surface area contributed by atoms with Crippen LogP contribution >= 0.6 is 0 Å². The van der Waals surface area contributed by atoms with Crippen molar-refractivity contribution in [1.82, 2.24) is 9.97 Å². The lowest BCUT2D eigenvalue weighted by molar-refractivity contribution is 0.340. The van der Waals surface area contributed by atoms with E-state index < -0.39 is 0 Å². The summed E-state index contributed by atoms with van der Waals surface area (Å²) in [6.45, 7) is 6.81. The molecule has 0 aliphatic rings. The molecular weight excluding hydrogens is 238 g/mol. The normalized spacial score (nSPS) is 10.7. The van der Waals surface area contributed by atoms with Crippen LogP contribution in [-0.2, 0) is 0 Å². The Bertz CT molecular complexity index is 550. The summed E-state index contributed by atoms with van der Waals surface area (Å²) >= 11 is 0. The van der Waals surface area contributed by atoms with E-state index in [1.165, 1.54) is 6.33 Å². The quantitative estimate of drug-likeness (QED) is 0.913. The van der Waals surface area contributed by atoms with Crippen LogP contribution in [0.2, 0.25) is 0 Å². The van der Waals surface area contributed by atoms with Crippen molar-refractivity contribution in [3.05, 3.63) is 36.2 Å². The molecule has 4 heteroatoms. The van der Waals surface area contributed by atoms with Gasteiger partial charge in [-0.25, -0.2) is 9.97 Å². The Kier molecular flexibility index (Phi) is 4.00. The summed E-state index contributed by atoms with van der Waals surface area (Å²) in [5.74, 6) is 1.69. The van der Waals surface area contributed by atoms with Crippen LogP contribution in [0.5, 0.6) is 5.75 Å². The lowest BCUT2D eigenvalue weighted by Crippen LogP contribution is -2.04. The summed E-state index contributed by atoms with van der Waals surface area (Å²) in [5.41, 5.74) is 8.88. The number of nitrogen functional groups attached to an aromatic ring is 1. The molecule has 4 nitrogen and oxygen atoms in total. The second kappa shape index (κ2) is 5.69. The second-order valence-corrected chi connectivity index (χ2v) is 4.63. The highest BCUT2D eigenvalue weighted by Crippen LogP contribution is 2.31. The molecule has 1 heterocycles. The average Bonchev–Trinajstić information content (AvgIpc) is 2.39. The van der Waals surface area contributed by atoms with Crippen LogP contribution in [0, 0.1) is 0 Å². The Morgan fingerprint density at radius 3 is 2.42 bits per heavy atom. The largest absolute Gasteiger partial charge is 0.494 e. The van der Waals surface area contributed by atoms with Gasteiger partial charge in [0, 0.05) is 11.1 Å². The number of hydrogen-bond donors (Lipinski definition) is 1. The van der Waals surface area contributed by atoms with E-state index in [9.17, 15) is 0 Å². The van der Waals surface area contributed by atoms with Crippen molar-refractivity contribution in [3.63, 3.8) is 0 Å². The first-order valence-corrected chi connectivity index (χ1v) is 6.47. The van der Waals surface area contributed by atoms with E-state index >= 15 is 0 Å². The van der Waals surface area contributed by atoms with Crippen LogP contribution in [0.15, 0.2) is 30.6 Å². The maximum atomic E-state index is 5.96. The van der Waals surface area contributed by atoms with Crippen molar-refractivity contribution in [3.8, 4) is 17.0 Å². The summed E-state index contributed by atoms with van der Waals surface area (Å²) in [7, 11) is 0. The molecular formula is C15H19N3O. The van der Waals surface area contributed by atoms with Crippen LogP contribution < -0.4 is 10.5 Å². The minimum Gasteiger partial charge on any atom is -0.494 e. The van der Waals surface area contributed by atoms with E-state index in [1.54, 1.807) is 0 Å². The number of anilines is 1. The Balaban J connectivity index is 2.44. The molecule has 0 amide bonds. The minimum absolute atomic E-state index is 0.280. The summed E-state index contributed by atoms with van der Waals surface area (Å²) in [5, 5.41) is 0. The van der Waals surface area contributed by atoms with Crippen molar-refractivity contribution in [2.24, 2.45) is 0 Å². The van der Waals surface area contributed by atoms with Crippen molar-refractivity contribution >= 4 is 5.82 Å². The Labute approximate surface area is 113 Å². The van der Waals surface area contributed by atoms with Crippen LogP contribution in [0.25, 0.3) is 11.3 Å². The maximum Gasteiger partial charge on any atom is 0.130 e. The molecule has 0 bridgehead atoms. The first-order valence-electron chi connectivity index (χ1n) is 6.47. The zero-order chi connectivity index (χ0) is 13.8. The Morgan fingerprint density at radius 1 is 1.16 bits per heavy atom. The lowest BCUT2D eigenvalue weighted by Gasteiger charge is -2.13. The van der Waals surface area contributed by atoms with Gasteiger partial charge in [-0.2, -0.15) is 0 Å². The molecule has 0 unspecified atom stereocenters. The van der Waals surface area contributed by atoms with E-state index in [1.807, 2.05) is 31.2 Å². The Morgan fingerprint density at radius 2 is 1.84 bits per heavy atom. The third-order valence-electron chi connectivity index (χ3n) is 2.93. The molecule has 0 aliphatic heterocycles. The van der Waals surface area contributed by atoms with E-state index in [2.05, 4.69) is 23.8 Å². The number of nitrogens with two attached hydrogens (primary N) is 1. The van der Waals surface area contributed by atoms with Crippen LogP contribution in [0.1, 0.15) is 32.3 Å². The van der Waals surface area contributed by atoms with Gasteiger partial charge in [0.15, 0.2) is 0 Å². The highest BCUT2D eigenvalue weighted by Gasteiger charge is 2.14. The fourth-order valence-corrected chi connectivity index (χ4v) is 2.08. The first kappa shape index (κ1) is 13.3. The molecule has 0 saturated heterocycles. The van der Waals surface area contributed by atoms with Gasteiger partial charge in [-0.3, -0.25) is 0 Å². The van der Waals surface area contributed by atoms with Gasteiger partial charge >= 0.3 is 0 Å². The molecule has 1 aromatic carbocycles. The van der Waals surface area contributed by atoms with Crippen molar-refractivity contribution in [1.29, 1.82) is 0 Å². The highest BCUT2D eigenvalue weighted by atomic mass is 16.5. The number of nitrogens with zero attached hydrogens (tertiary/aromatic N) is 2. The van der Waals surface area contributed by atoms with Crippen LogP contribution in [0.3, 0.4) is 0 Å². The number of aromatic nitrogens is 2. The van der Waals surface area contributed by atoms with Gasteiger partial charge in [0.1, 0.15) is 17.9 Å². The molecule has 100 valence electrons. The molecule has 2 aromatic rings. The average molecular weight is 257 g/mol. The number of ether oxygens (including phenoxy) is 1. The number of rotatable bonds is 4. The van der Waals surface area contributed by atoms with E-state index in [0.29, 0.717) is 12.4 Å². The third-order valence-corrected chi connectivity index (χ3v) is 2.93. The molecule has 0 saturated carbocycles. The zero-order valence-electron chi connectivity index (χ0n) is 11.6. The van der Waals surface area contributed by atoms with Crippen molar-refractivity contribution in [2.75, 3.05) is 12.3 Å². The fraction of sp³-hybridized carbons (Fsp3) is 0.333. The standard InChI is InChI=1S/C15H19N3O/c1-4-19-12-7-5-11(6-8-12)14-13(10(2)3)15(16)18-9-17-14/h5-10H,4H2,1-3H3,(H2,16,17,18). The third kappa shape index (κ3) is 2.84. The number of hydrogen-bond acceptors (Lipinski definition) is 4. The molecule has 19 heavy (non-hydrogen) atoms. The van der Waals surface area contributed by atoms with Gasteiger partial charge in [-0.1, -0.05) is 13.8 Å². The van der Waals surface area contributed by atoms with Gasteiger partial charge < -0.3 is 10.5 Å². The van der Waals surface area contributed by atoms with Crippen molar-refractivity contribution < 1.29 is 4.74 Å². The van der Waals surface area contributed by atoms with Gasteiger partial charge in [0.05, 0.1) is 12.3 Å². The highest BCUT2D eigenvalue weighted by molar-refractivity contribution is 5.68. The van der Waals surface area contributed by atoms with Gasteiger partial charge in [-0.15, -0.1) is 0 Å². The molecule has 0 spiro atoms. The molecule has 2 N–H and O–H groups in total. The van der Waals surface area contributed by atoms with E-state index in [4.69, 9.17) is 10.5 Å². The SMILES string of the molecule is CCOc1ccc(-c2ncnc(N)c2C(C)C)cc1. The van der Waals surface area contributed by atoms with Crippen LogP contribution in [-0.4, -0.2) is 16.6 Å². The fourth-order valence-electron chi connectivity index (χ4n) is 2.08. The summed E-state index contributed by atoms with van der Waals surface area (Å²) in [4.78, 5) is 8.45. The monoisotopic (exact) mass is 257 g/mol. The molecule has 0 atom stereocenters. The Hall–Kier alpha value is -2.10. The van der Waals surface area contributed by atoms with E-state index in [0.717, 1.165) is 22.6 Å². The van der Waals surface area contributed by atoms with Gasteiger partial charge in [0.25, 0.3) is 0 Å². The number of benzene rings is 1. The first-order chi connectivity index (χ1) is 9.13. The van der Waals surface area contributed by atoms with Crippen LogP contribution in [0.4, 0.5) is 5.82 Å². The maximum absolute atomic E-state index is 5.96. The van der Waals surface area contributed by atoms with Crippen molar-refractivity contribution in [2.45, 2.75) is 26.7 Å². The van der Waals surface area contributed by atoms with Gasteiger partial charge in [-0.05, 0) is 37.1 Å². The van der Waals surface area contributed by atoms with Gasteiger partial charge in [0.2, 0.25) is 0 Å². The lowest BCUT2D eigenvalue weighted by atomic mass is 9.97. The van der Waals surface area contributed by atoms with E-state index in [-0.39, 0.29) is 5.92 Å².